The second-order valence-corrected chi connectivity index (χ2v) is 10.5. The number of nitrogens with zero attached hydrogens (tertiary/aromatic N) is 3. The monoisotopic (exact) mass is 576 g/mol. The van der Waals surface area contributed by atoms with E-state index in [1.54, 1.807) is 41.0 Å². The predicted octanol–water partition coefficient (Wildman–Crippen LogP) is 5.30. The minimum atomic E-state index is -4.44. The zero-order valence-electron chi connectivity index (χ0n) is 24.1. The van der Waals surface area contributed by atoms with Gasteiger partial charge in [-0.2, -0.15) is 13.2 Å². The number of rotatable bonds is 13. The lowest BCUT2D eigenvalue weighted by Gasteiger charge is -2.24. The minimum absolute atomic E-state index is 0.117. The number of likely N-dealkylation sites (N-methyl/N-ethyl adjacent to an activating group) is 1. The lowest BCUT2D eigenvalue weighted by Crippen LogP contribution is -2.37. The molecule has 0 saturated carbocycles. The van der Waals surface area contributed by atoms with Crippen molar-refractivity contribution in [2.45, 2.75) is 64.8 Å². The van der Waals surface area contributed by atoms with Gasteiger partial charge in [0.05, 0.1) is 24.3 Å². The van der Waals surface area contributed by atoms with Crippen LogP contribution >= 0.6 is 0 Å². The van der Waals surface area contributed by atoms with E-state index in [2.05, 4.69) is 15.3 Å². The maximum absolute atomic E-state index is 13.3. The van der Waals surface area contributed by atoms with Crippen LogP contribution in [0.5, 0.6) is 5.75 Å². The molecule has 0 aliphatic heterocycles. The zero-order valence-corrected chi connectivity index (χ0v) is 24.1. The van der Waals surface area contributed by atoms with Gasteiger partial charge >= 0.3 is 6.18 Å². The van der Waals surface area contributed by atoms with Crippen molar-refractivity contribution in [1.29, 1.82) is 0 Å². The number of aliphatic hydroxyl groups is 2. The Hall–Kier alpha value is -3.44. The molecule has 0 radical (unpaired) electrons. The van der Waals surface area contributed by atoms with Crippen molar-refractivity contribution >= 4 is 22.6 Å². The zero-order chi connectivity index (χ0) is 30.3. The average Bonchev–Trinajstić information content (AvgIpc) is 2.91. The molecule has 3 N–H and O–H groups in total. The fourth-order valence-corrected chi connectivity index (χ4v) is 4.97. The first-order chi connectivity index (χ1) is 19.3. The summed E-state index contributed by atoms with van der Waals surface area (Å²) in [5, 5.41) is 23.1. The van der Waals surface area contributed by atoms with Gasteiger partial charge in [0.15, 0.2) is 0 Å². The summed E-state index contributed by atoms with van der Waals surface area (Å²) < 4.78 is 45.4. The normalized spacial score (nSPS) is 14.0. The van der Waals surface area contributed by atoms with E-state index in [9.17, 15) is 28.2 Å². The maximum Gasteiger partial charge on any atom is 0.416 e. The van der Waals surface area contributed by atoms with E-state index < -0.39 is 23.9 Å². The topological polar surface area (TPSA) is 108 Å². The Kier molecular flexibility index (Phi) is 10.9. The molecule has 11 heteroatoms. The number of anilines is 1. The van der Waals surface area contributed by atoms with Gasteiger partial charge in [-0.1, -0.05) is 12.1 Å². The molecule has 224 valence electrons. The van der Waals surface area contributed by atoms with E-state index in [-0.39, 0.29) is 25.0 Å². The van der Waals surface area contributed by atoms with Crippen molar-refractivity contribution in [3.63, 3.8) is 0 Å². The Morgan fingerprint density at radius 3 is 2.51 bits per heavy atom. The van der Waals surface area contributed by atoms with E-state index in [0.717, 1.165) is 17.7 Å². The molecule has 41 heavy (non-hydrogen) atoms. The number of hydrogen-bond acceptors (Lipinski definition) is 7. The molecule has 0 unspecified atom stereocenters. The van der Waals surface area contributed by atoms with Crippen LogP contribution in [-0.2, 0) is 17.4 Å². The number of aryl methyl sites for hydroxylation is 2. The number of aliphatic hydroxyl groups excluding tert-OH is 2. The number of carbonyl (C=O) groups is 1. The minimum Gasteiger partial charge on any atom is -0.496 e. The smallest absolute Gasteiger partial charge is 0.416 e. The summed E-state index contributed by atoms with van der Waals surface area (Å²) >= 11 is 0. The van der Waals surface area contributed by atoms with Crippen molar-refractivity contribution in [3.8, 4) is 5.75 Å². The third kappa shape index (κ3) is 8.53. The number of methoxy groups -OCH3 is 1. The molecule has 1 amide bonds. The Balaban J connectivity index is 1.85. The van der Waals surface area contributed by atoms with E-state index >= 15 is 0 Å². The molecule has 1 aromatic heterocycles. The summed E-state index contributed by atoms with van der Waals surface area (Å²) in [7, 11) is 3.21. The number of halogens is 3. The van der Waals surface area contributed by atoms with Gasteiger partial charge in [0.25, 0.3) is 0 Å². The number of benzene rings is 2. The number of aromatic nitrogens is 2. The quantitative estimate of drug-likeness (QED) is 0.254. The fraction of sp³-hybridized carbons (Fsp3) is 0.500. The van der Waals surface area contributed by atoms with Gasteiger partial charge in [-0.3, -0.25) is 4.79 Å². The van der Waals surface area contributed by atoms with Crippen LogP contribution in [-0.4, -0.2) is 64.4 Å². The molecule has 3 atom stereocenters. The van der Waals surface area contributed by atoms with E-state index in [0.29, 0.717) is 59.5 Å². The van der Waals surface area contributed by atoms with Crippen LogP contribution in [0.4, 0.5) is 19.0 Å². The summed E-state index contributed by atoms with van der Waals surface area (Å²) in [4.78, 5) is 23.4. The second-order valence-electron chi connectivity index (χ2n) is 10.5. The highest BCUT2D eigenvalue weighted by Crippen LogP contribution is 2.34. The first kappa shape index (κ1) is 32.1. The van der Waals surface area contributed by atoms with Gasteiger partial charge in [0, 0.05) is 43.6 Å². The first-order valence-corrected chi connectivity index (χ1v) is 13.7. The first-order valence-electron chi connectivity index (χ1n) is 13.7. The van der Waals surface area contributed by atoms with Crippen molar-refractivity contribution in [1.82, 2.24) is 14.9 Å². The summed E-state index contributed by atoms with van der Waals surface area (Å²) in [6, 6.07) is 8.46. The van der Waals surface area contributed by atoms with Crippen molar-refractivity contribution in [2.24, 2.45) is 5.92 Å². The highest BCUT2D eigenvalue weighted by Gasteiger charge is 2.31. The van der Waals surface area contributed by atoms with E-state index in [1.165, 1.54) is 11.0 Å². The SMILES string of the molecule is COc1cc2nc(C)nc(N[C@H](C)c3cccc(C(F)(F)F)c3)c2cc1CCC[C@H](CCO)C(=O)N(C)C[C@H](C)O. The number of hydrogen-bond donors (Lipinski definition) is 3. The molecule has 8 nitrogen and oxygen atoms in total. The van der Waals surface area contributed by atoms with Crippen molar-refractivity contribution < 1.29 is 32.9 Å². The van der Waals surface area contributed by atoms with Crippen LogP contribution in [0.1, 0.15) is 61.7 Å². The van der Waals surface area contributed by atoms with Gasteiger partial charge in [0.2, 0.25) is 5.91 Å². The highest BCUT2D eigenvalue weighted by atomic mass is 19.4. The molecular weight excluding hydrogens is 537 g/mol. The largest absolute Gasteiger partial charge is 0.496 e. The van der Waals surface area contributed by atoms with Crippen LogP contribution in [0.15, 0.2) is 36.4 Å². The number of amides is 1. The number of carbonyl (C=O) groups excluding carboxylic acids is 1. The molecule has 3 rings (SSSR count). The Morgan fingerprint density at radius 1 is 1.15 bits per heavy atom. The van der Waals surface area contributed by atoms with Gasteiger partial charge in [0.1, 0.15) is 17.4 Å². The molecule has 0 bridgehead atoms. The van der Waals surface area contributed by atoms with Crippen molar-refractivity contribution in [3.05, 3.63) is 58.9 Å². The van der Waals surface area contributed by atoms with Crippen LogP contribution in [0.3, 0.4) is 0 Å². The molecule has 2 aromatic carbocycles. The molecule has 0 aliphatic rings. The molecule has 1 heterocycles. The molecule has 0 aliphatic carbocycles. The standard InChI is InChI=1S/C30H39F3N4O4/c1-18(39)17-37(4)29(40)21(12-13-38)8-6-10-23-15-25-26(16-27(23)41-5)35-20(3)36-28(25)34-19(2)22-9-7-11-24(14-22)30(31,32)33/h7,9,11,14-16,18-19,21,38-39H,6,8,10,12-13,17H2,1-5H3,(H,34,35,36)/t18-,19+,21+/m0/s1. The summed E-state index contributed by atoms with van der Waals surface area (Å²) in [6.07, 6.45) is -3.01. The Morgan fingerprint density at radius 2 is 1.88 bits per heavy atom. The summed E-state index contributed by atoms with van der Waals surface area (Å²) in [6.45, 7) is 5.23. The van der Waals surface area contributed by atoms with Crippen LogP contribution in [0.25, 0.3) is 10.9 Å². The molecular formula is C30H39F3N4O4. The predicted molar refractivity (Wildman–Crippen MR) is 152 cm³/mol. The number of nitrogens with one attached hydrogen (secondary N) is 1. The fourth-order valence-electron chi connectivity index (χ4n) is 4.97. The lowest BCUT2D eigenvalue weighted by atomic mass is 9.94. The third-order valence-electron chi connectivity index (χ3n) is 7.02. The van der Waals surface area contributed by atoms with Crippen molar-refractivity contribution in [2.75, 3.05) is 32.6 Å². The number of fused-ring (bicyclic) bond motifs is 1. The van der Waals surface area contributed by atoms with Crippen LogP contribution < -0.4 is 10.1 Å². The summed E-state index contributed by atoms with van der Waals surface area (Å²) in [5.74, 6) is 1.12. The molecule has 0 saturated heterocycles. The van der Waals surface area contributed by atoms with Crippen LogP contribution in [0, 0.1) is 12.8 Å². The van der Waals surface area contributed by atoms with E-state index in [1.807, 2.05) is 12.1 Å². The molecule has 0 spiro atoms. The summed E-state index contributed by atoms with van der Waals surface area (Å²) in [5.41, 5.74) is 1.26. The van der Waals surface area contributed by atoms with Gasteiger partial charge in [-0.05, 0) is 75.8 Å². The number of ether oxygens (including phenoxy) is 1. The number of alkyl halides is 3. The second kappa shape index (κ2) is 14.0. The average molecular weight is 577 g/mol. The molecule has 0 fully saturated rings. The molecule has 3 aromatic rings. The Labute approximate surface area is 238 Å². The highest BCUT2D eigenvalue weighted by molar-refractivity contribution is 5.91. The van der Waals surface area contributed by atoms with Gasteiger partial charge in [-0.25, -0.2) is 9.97 Å². The third-order valence-corrected chi connectivity index (χ3v) is 7.02. The maximum atomic E-state index is 13.3. The van der Waals surface area contributed by atoms with Gasteiger partial charge < -0.3 is 25.2 Å². The Bertz CT molecular complexity index is 1330. The van der Waals surface area contributed by atoms with Crippen LogP contribution in [0.2, 0.25) is 0 Å². The van der Waals surface area contributed by atoms with E-state index in [4.69, 9.17) is 4.74 Å². The lowest BCUT2D eigenvalue weighted by molar-refractivity contribution is -0.137. The van der Waals surface area contributed by atoms with Gasteiger partial charge in [-0.15, -0.1) is 0 Å².